The number of benzene rings is 3. The smallest absolute Gasteiger partial charge is 0.324 e. The summed E-state index contributed by atoms with van der Waals surface area (Å²) in [5, 5.41) is 3.21. The molecule has 0 aliphatic rings. The highest BCUT2D eigenvalue weighted by Crippen LogP contribution is 2.34. The van der Waals surface area contributed by atoms with Gasteiger partial charge in [-0.05, 0) is 78.7 Å². The van der Waals surface area contributed by atoms with Gasteiger partial charge < -0.3 is 15.1 Å². The molecule has 3 rings (SSSR count). The van der Waals surface area contributed by atoms with Gasteiger partial charge in [0.2, 0.25) is 0 Å². The second-order valence-corrected chi connectivity index (χ2v) is 10.6. The molecule has 6 heteroatoms. The number of hydrogen-bond donors (Lipinski definition) is 3. The van der Waals surface area contributed by atoms with Crippen molar-refractivity contribution >= 4 is 13.7 Å². The Bertz CT molecular complexity index is 1150. The van der Waals surface area contributed by atoms with Crippen molar-refractivity contribution in [3.05, 3.63) is 112 Å². The van der Waals surface area contributed by atoms with E-state index in [-0.39, 0.29) is 17.9 Å². The molecule has 4 nitrogen and oxygen atoms in total. The van der Waals surface area contributed by atoms with E-state index in [4.69, 9.17) is 9.79 Å². The van der Waals surface area contributed by atoms with Crippen molar-refractivity contribution in [3.63, 3.8) is 0 Å². The summed E-state index contributed by atoms with van der Waals surface area (Å²) < 4.78 is 24.8. The molecule has 0 saturated heterocycles. The van der Waals surface area contributed by atoms with Crippen LogP contribution in [0.5, 0.6) is 0 Å². The van der Waals surface area contributed by atoms with Crippen LogP contribution in [0.15, 0.2) is 72.8 Å². The molecule has 180 valence electrons. The molecule has 0 aliphatic heterocycles. The summed E-state index contributed by atoms with van der Waals surface area (Å²) in [5.41, 5.74) is 6.85. The summed E-state index contributed by atoms with van der Waals surface area (Å²) in [7, 11) is -3.92. The molecule has 3 aromatic carbocycles. The second kappa shape index (κ2) is 12.2. The minimum Gasteiger partial charge on any atom is -0.324 e. The number of aryl methyl sites for hydroxylation is 2. The van der Waals surface area contributed by atoms with E-state index in [1.807, 2.05) is 30.3 Å². The highest BCUT2D eigenvalue weighted by Gasteiger charge is 2.12. The molecule has 0 bridgehead atoms. The molecule has 0 amide bonds. The van der Waals surface area contributed by atoms with Crippen LogP contribution in [0.1, 0.15) is 45.7 Å². The van der Waals surface area contributed by atoms with Crippen LogP contribution in [0.25, 0.3) is 6.08 Å². The van der Waals surface area contributed by atoms with Crippen molar-refractivity contribution in [2.45, 2.75) is 39.2 Å². The Morgan fingerprint density at radius 1 is 0.971 bits per heavy atom. The molecular formula is C28H33FNO3P. The molecule has 0 fully saturated rings. The predicted molar refractivity (Wildman–Crippen MR) is 137 cm³/mol. The highest BCUT2D eigenvalue weighted by atomic mass is 31.2. The maximum Gasteiger partial charge on any atom is 0.325 e. The van der Waals surface area contributed by atoms with Crippen LogP contribution < -0.4 is 5.32 Å². The van der Waals surface area contributed by atoms with Crippen molar-refractivity contribution in [2.24, 2.45) is 0 Å². The van der Waals surface area contributed by atoms with Crippen LogP contribution in [0.2, 0.25) is 0 Å². The van der Waals surface area contributed by atoms with Gasteiger partial charge in [0.25, 0.3) is 0 Å². The Morgan fingerprint density at radius 3 is 2.38 bits per heavy atom. The largest absolute Gasteiger partial charge is 0.325 e. The summed E-state index contributed by atoms with van der Waals surface area (Å²) >= 11 is 0. The summed E-state index contributed by atoms with van der Waals surface area (Å²) in [5.74, 6) is -0.179. The van der Waals surface area contributed by atoms with Gasteiger partial charge in [0.1, 0.15) is 5.82 Å². The van der Waals surface area contributed by atoms with Gasteiger partial charge in [-0.15, -0.1) is 0 Å². The third-order valence-electron chi connectivity index (χ3n) is 5.94. The molecule has 0 aromatic heterocycles. The molecular weight excluding hydrogens is 448 g/mol. The van der Waals surface area contributed by atoms with Crippen LogP contribution in [0.3, 0.4) is 0 Å². The molecule has 0 heterocycles. The van der Waals surface area contributed by atoms with Gasteiger partial charge in [-0.25, -0.2) is 4.39 Å². The van der Waals surface area contributed by atoms with Gasteiger partial charge >= 0.3 is 7.60 Å². The quantitative estimate of drug-likeness (QED) is 0.227. The average Bonchev–Trinajstić information content (AvgIpc) is 2.79. The van der Waals surface area contributed by atoms with E-state index in [0.717, 1.165) is 23.1 Å². The Hall–Kier alpha value is -2.56. The molecule has 0 saturated carbocycles. The van der Waals surface area contributed by atoms with E-state index in [1.54, 1.807) is 12.1 Å². The number of hydrogen-bond acceptors (Lipinski definition) is 2. The first kappa shape index (κ1) is 26.1. The molecule has 34 heavy (non-hydrogen) atoms. The first-order valence-corrected chi connectivity index (χ1v) is 13.3. The Kier molecular flexibility index (Phi) is 9.37. The molecule has 3 N–H and O–H groups in total. The molecule has 1 unspecified atom stereocenters. The lowest BCUT2D eigenvalue weighted by molar-refractivity contribution is 0.371. The van der Waals surface area contributed by atoms with E-state index in [1.165, 1.54) is 22.8 Å². The zero-order valence-corrected chi connectivity index (χ0v) is 20.6. The second-order valence-electron chi connectivity index (χ2n) is 8.80. The zero-order chi connectivity index (χ0) is 24.6. The number of nitrogens with one attached hydrogen (secondary N) is 1. The molecule has 0 aliphatic carbocycles. The predicted octanol–water partition coefficient (Wildman–Crippen LogP) is 6.14. The lowest BCUT2D eigenvalue weighted by Gasteiger charge is -2.15. The van der Waals surface area contributed by atoms with E-state index >= 15 is 0 Å². The number of rotatable bonds is 11. The fourth-order valence-corrected chi connectivity index (χ4v) is 4.41. The topological polar surface area (TPSA) is 69.6 Å². The standard InChI is InChI=1S/C28H33FNO3P/c1-21-7-8-25(17-22(21)2)18-27(26-5-3-6-28(29)19-26)14-13-23-9-11-24(12-10-23)20-30-15-4-16-34(31,32)33/h3,5-14,17,19,27,30H,4,15-16,18,20H2,1-2H3,(H2,31,32,33)/b14-13+. The Balaban J connectivity index is 1.66. The number of allylic oxidation sites excluding steroid dienone is 1. The van der Waals surface area contributed by atoms with Crippen molar-refractivity contribution < 1.29 is 18.7 Å². The first-order chi connectivity index (χ1) is 16.2. The minimum atomic E-state index is -3.92. The average molecular weight is 482 g/mol. The maximum absolute atomic E-state index is 13.9. The molecule has 3 aromatic rings. The normalized spacial score (nSPS) is 12.9. The summed E-state index contributed by atoms with van der Waals surface area (Å²) in [4.78, 5) is 17.8. The Morgan fingerprint density at radius 2 is 1.71 bits per heavy atom. The van der Waals surface area contributed by atoms with Crippen molar-refractivity contribution in [3.8, 4) is 0 Å². The summed E-state index contributed by atoms with van der Waals surface area (Å²) in [6.07, 6.45) is 5.34. The van der Waals surface area contributed by atoms with Crippen LogP contribution in [-0.2, 0) is 17.5 Å². The van der Waals surface area contributed by atoms with Crippen LogP contribution in [-0.4, -0.2) is 22.5 Å². The maximum atomic E-state index is 13.9. The third kappa shape index (κ3) is 8.66. The van der Waals surface area contributed by atoms with E-state index in [0.29, 0.717) is 19.5 Å². The third-order valence-corrected chi connectivity index (χ3v) is 6.84. The van der Waals surface area contributed by atoms with Gasteiger partial charge in [-0.1, -0.05) is 66.7 Å². The van der Waals surface area contributed by atoms with Crippen LogP contribution in [0.4, 0.5) is 4.39 Å². The van der Waals surface area contributed by atoms with Crippen molar-refractivity contribution in [1.29, 1.82) is 0 Å². The van der Waals surface area contributed by atoms with E-state index in [9.17, 15) is 8.96 Å². The molecule has 0 spiro atoms. The van der Waals surface area contributed by atoms with Crippen molar-refractivity contribution in [1.82, 2.24) is 5.32 Å². The van der Waals surface area contributed by atoms with Gasteiger partial charge in [-0.2, -0.15) is 0 Å². The van der Waals surface area contributed by atoms with E-state index < -0.39 is 7.60 Å². The van der Waals surface area contributed by atoms with Crippen molar-refractivity contribution in [2.75, 3.05) is 12.7 Å². The lowest BCUT2D eigenvalue weighted by Crippen LogP contribution is -2.15. The SMILES string of the molecule is Cc1ccc(CC(/C=C/c2ccc(CNCCCP(=O)(O)O)cc2)c2cccc(F)c2)cc1C. The molecule has 1 atom stereocenters. The summed E-state index contributed by atoms with van der Waals surface area (Å²) in [6, 6.07) is 21.5. The van der Waals surface area contributed by atoms with Crippen LogP contribution >= 0.6 is 7.60 Å². The number of halogens is 1. The van der Waals surface area contributed by atoms with Gasteiger partial charge in [0, 0.05) is 12.5 Å². The van der Waals surface area contributed by atoms with Gasteiger partial charge in [0.15, 0.2) is 0 Å². The minimum absolute atomic E-state index is 0.0492. The van der Waals surface area contributed by atoms with Crippen LogP contribution in [0, 0.1) is 19.7 Å². The Labute approximate surface area is 201 Å². The zero-order valence-electron chi connectivity index (χ0n) is 19.7. The first-order valence-electron chi connectivity index (χ1n) is 11.5. The highest BCUT2D eigenvalue weighted by molar-refractivity contribution is 7.51. The molecule has 0 radical (unpaired) electrons. The summed E-state index contributed by atoms with van der Waals surface area (Å²) in [6.45, 7) is 5.41. The fourth-order valence-electron chi connectivity index (χ4n) is 3.84. The monoisotopic (exact) mass is 481 g/mol. The van der Waals surface area contributed by atoms with Gasteiger partial charge in [0.05, 0.1) is 6.16 Å². The van der Waals surface area contributed by atoms with Gasteiger partial charge in [-0.3, -0.25) is 4.57 Å². The van der Waals surface area contributed by atoms with E-state index in [2.05, 4.69) is 49.5 Å². The lowest BCUT2D eigenvalue weighted by atomic mass is 9.90. The fraction of sp³-hybridized carbons (Fsp3) is 0.286.